The molecule has 28 heavy (non-hydrogen) atoms. The summed E-state index contributed by atoms with van der Waals surface area (Å²) in [5.41, 5.74) is 0.953. The van der Waals surface area contributed by atoms with Gasteiger partial charge in [-0.25, -0.2) is 0 Å². The van der Waals surface area contributed by atoms with Crippen molar-refractivity contribution in [3.05, 3.63) is 34.9 Å². The number of ether oxygens (including phenoxy) is 1. The predicted molar refractivity (Wildman–Crippen MR) is 108 cm³/mol. The third kappa shape index (κ3) is 4.87. The van der Waals surface area contributed by atoms with Gasteiger partial charge in [-0.2, -0.15) is 0 Å². The number of likely N-dealkylation sites (tertiary alicyclic amines) is 1. The predicted octanol–water partition coefficient (Wildman–Crippen LogP) is 3.05. The van der Waals surface area contributed by atoms with Crippen LogP contribution in [0.5, 0.6) is 0 Å². The molecule has 0 bridgehead atoms. The fourth-order valence-corrected chi connectivity index (χ4v) is 4.90. The lowest BCUT2D eigenvalue weighted by atomic mass is 9.77. The number of carbonyl (C=O) groups excluding carboxylic acids is 2. The maximum atomic E-state index is 12.8. The first-order valence-corrected chi connectivity index (χ1v) is 10.8. The molecule has 0 unspecified atom stereocenters. The van der Waals surface area contributed by atoms with Crippen LogP contribution in [0.25, 0.3) is 0 Å². The molecule has 3 fully saturated rings. The second kappa shape index (κ2) is 8.42. The first-order chi connectivity index (χ1) is 13.5. The summed E-state index contributed by atoms with van der Waals surface area (Å²) in [5, 5.41) is 3.76. The van der Waals surface area contributed by atoms with Crippen molar-refractivity contribution in [3.8, 4) is 0 Å². The first-order valence-electron chi connectivity index (χ1n) is 10.4. The summed E-state index contributed by atoms with van der Waals surface area (Å²) in [6, 6.07) is 7.57. The number of benzene rings is 1. The van der Waals surface area contributed by atoms with Gasteiger partial charge in [-0.05, 0) is 61.1 Å². The molecule has 1 N–H and O–H groups in total. The Kier molecular flexibility index (Phi) is 5.93. The van der Waals surface area contributed by atoms with Crippen LogP contribution in [0.1, 0.15) is 38.2 Å². The summed E-state index contributed by atoms with van der Waals surface area (Å²) in [6.07, 6.45) is 4.78. The van der Waals surface area contributed by atoms with Crippen molar-refractivity contribution in [3.63, 3.8) is 0 Å². The largest absolute Gasteiger partial charge is 0.376 e. The highest BCUT2D eigenvalue weighted by Crippen LogP contribution is 2.39. The van der Waals surface area contributed by atoms with Gasteiger partial charge in [-0.1, -0.05) is 23.7 Å². The molecule has 4 atom stereocenters. The quantitative estimate of drug-likeness (QED) is 0.792. The first kappa shape index (κ1) is 19.7. The molecule has 5 nitrogen and oxygen atoms in total. The molecule has 2 amide bonds. The van der Waals surface area contributed by atoms with Gasteiger partial charge < -0.3 is 15.0 Å². The second-order valence-corrected chi connectivity index (χ2v) is 9.16. The molecule has 1 saturated heterocycles. The van der Waals surface area contributed by atoms with Crippen molar-refractivity contribution in [1.29, 1.82) is 0 Å². The van der Waals surface area contributed by atoms with Crippen LogP contribution in [0.2, 0.25) is 5.02 Å². The van der Waals surface area contributed by atoms with E-state index in [2.05, 4.69) is 5.32 Å². The van der Waals surface area contributed by atoms with Crippen molar-refractivity contribution in [2.75, 3.05) is 19.7 Å². The molecule has 1 aromatic carbocycles. The minimum absolute atomic E-state index is 0.00430. The summed E-state index contributed by atoms with van der Waals surface area (Å²) in [5.74, 6) is 1.74. The summed E-state index contributed by atoms with van der Waals surface area (Å²) < 4.78 is 6.20. The fraction of sp³-hybridized carbons (Fsp3) is 0.636. The van der Waals surface area contributed by atoms with Crippen LogP contribution in [0.15, 0.2) is 24.3 Å². The molecule has 152 valence electrons. The summed E-state index contributed by atoms with van der Waals surface area (Å²) in [4.78, 5) is 26.5. The molecule has 3 aliphatic rings. The molecular formula is C22H29ClN2O3. The Bertz CT molecular complexity index is 736. The number of nitrogens with zero attached hydrogens (tertiary/aromatic N) is 1. The molecular weight excluding hydrogens is 376 g/mol. The highest BCUT2D eigenvalue weighted by molar-refractivity contribution is 6.30. The minimum atomic E-state index is -0.00430. The summed E-state index contributed by atoms with van der Waals surface area (Å²) in [7, 11) is 0. The highest BCUT2D eigenvalue weighted by atomic mass is 35.5. The molecule has 0 aromatic heterocycles. The highest BCUT2D eigenvalue weighted by Gasteiger charge is 2.44. The SMILES string of the molecule is CC(=O)N[C@@H]1C[C@@H]2CN(C(=O)Cc3cccc(Cl)c3)C[C@@H]2C[C@H]1OCC1CC1. The van der Waals surface area contributed by atoms with Gasteiger partial charge in [-0.3, -0.25) is 9.59 Å². The Hall–Kier alpha value is -1.59. The number of fused-ring (bicyclic) bond motifs is 1. The molecule has 1 heterocycles. The van der Waals surface area contributed by atoms with Crippen LogP contribution in [-0.2, 0) is 20.7 Å². The number of carbonyl (C=O) groups is 2. The van der Waals surface area contributed by atoms with Crippen molar-refractivity contribution >= 4 is 23.4 Å². The van der Waals surface area contributed by atoms with E-state index in [9.17, 15) is 9.59 Å². The molecule has 1 aromatic rings. The molecule has 2 aliphatic carbocycles. The van der Waals surface area contributed by atoms with Gasteiger partial charge in [0.1, 0.15) is 0 Å². The van der Waals surface area contributed by atoms with Gasteiger partial charge >= 0.3 is 0 Å². The molecule has 1 aliphatic heterocycles. The molecule has 0 radical (unpaired) electrons. The van der Waals surface area contributed by atoms with Gasteiger partial charge in [-0.15, -0.1) is 0 Å². The Morgan fingerprint density at radius 1 is 1.21 bits per heavy atom. The molecule has 2 saturated carbocycles. The molecule has 0 spiro atoms. The zero-order valence-corrected chi connectivity index (χ0v) is 17.2. The number of hydrogen-bond acceptors (Lipinski definition) is 3. The fourth-order valence-electron chi connectivity index (χ4n) is 4.69. The number of nitrogens with one attached hydrogen (secondary N) is 1. The van der Waals surface area contributed by atoms with E-state index in [-0.39, 0.29) is 24.0 Å². The van der Waals surface area contributed by atoms with Crippen molar-refractivity contribution in [2.24, 2.45) is 17.8 Å². The standard InChI is InChI=1S/C22H29ClN2O3/c1-14(26)24-20-9-17-11-25(22(27)8-16-3-2-4-19(23)7-16)12-18(17)10-21(20)28-13-15-5-6-15/h2-4,7,15,17-18,20-21H,5-6,8-13H2,1H3,(H,24,26)/t17-,18+,20-,21-/m1/s1. The van der Waals surface area contributed by atoms with E-state index in [1.54, 1.807) is 6.92 Å². The van der Waals surface area contributed by atoms with Crippen LogP contribution in [0.3, 0.4) is 0 Å². The molecule has 4 rings (SSSR count). The van der Waals surface area contributed by atoms with Crippen molar-refractivity contribution in [1.82, 2.24) is 10.2 Å². The average Bonchev–Trinajstić information content (AvgIpc) is 3.37. The Morgan fingerprint density at radius 3 is 2.64 bits per heavy atom. The Balaban J connectivity index is 1.37. The van der Waals surface area contributed by atoms with Gasteiger partial charge in [0.05, 0.1) is 18.6 Å². The Labute approximate surface area is 171 Å². The van der Waals surface area contributed by atoms with E-state index in [0.29, 0.717) is 29.2 Å². The maximum absolute atomic E-state index is 12.8. The lowest BCUT2D eigenvalue weighted by Gasteiger charge is -2.38. The van der Waals surface area contributed by atoms with Gasteiger partial charge in [0.25, 0.3) is 0 Å². The normalized spacial score (nSPS) is 29.4. The van der Waals surface area contributed by atoms with Gasteiger partial charge in [0.2, 0.25) is 11.8 Å². The van der Waals surface area contributed by atoms with Crippen LogP contribution in [0.4, 0.5) is 0 Å². The van der Waals surface area contributed by atoms with Gasteiger partial charge in [0, 0.05) is 31.6 Å². The maximum Gasteiger partial charge on any atom is 0.227 e. The smallest absolute Gasteiger partial charge is 0.227 e. The third-order valence-corrected chi connectivity index (χ3v) is 6.58. The summed E-state index contributed by atoms with van der Waals surface area (Å²) >= 11 is 6.04. The van der Waals surface area contributed by atoms with E-state index in [0.717, 1.165) is 38.1 Å². The topological polar surface area (TPSA) is 58.6 Å². The van der Waals surface area contributed by atoms with Crippen LogP contribution >= 0.6 is 11.6 Å². The Morgan fingerprint density at radius 2 is 1.96 bits per heavy atom. The van der Waals surface area contributed by atoms with Gasteiger partial charge in [0.15, 0.2) is 0 Å². The van der Waals surface area contributed by atoms with E-state index in [1.165, 1.54) is 12.8 Å². The van der Waals surface area contributed by atoms with Crippen LogP contribution in [0, 0.1) is 17.8 Å². The third-order valence-electron chi connectivity index (χ3n) is 6.35. The van der Waals surface area contributed by atoms with E-state index >= 15 is 0 Å². The number of rotatable bonds is 6. The van der Waals surface area contributed by atoms with E-state index < -0.39 is 0 Å². The number of amides is 2. The van der Waals surface area contributed by atoms with Crippen LogP contribution < -0.4 is 5.32 Å². The molecule has 6 heteroatoms. The number of hydrogen-bond donors (Lipinski definition) is 1. The van der Waals surface area contributed by atoms with Crippen molar-refractivity contribution < 1.29 is 14.3 Å². The van der Waals surface area contributed by atoms with Crippen LogP contribution in [-0.4, -0.2) is 48.6 Å². The zero-order valence-electron chi connectivity index (χ0n) is 16.4. The lowest BCUT2D eigenvalue weighted by Crippen LogP contribution is -2.50. The zero-order chi connectivity index (χ0) is 19.7. The second-order valence-electron chi connectivity index (χ2n) is 8.72. The van der Waals surface area contributed by atoms with E-state index in [1.807, 2.05) is 29.2 Å². The lowest BCUT2D eigenvalue weighted by molar-refractivity contribution is -0.129. The minimum Gasteiger partial charge on any atom is -0.376 e. The monoisotopic (exact) mass is 404 g/mol. The number of halogens is 1. The van der Waals surface area contributed by atoms with Crippen molar-refractivity contribution in [2.45, 2.75) is 51.2 Å². The average molecular weight is 405 g/mol. The van der Waals surface area contributed by atoms with E-state index in [4.69, 9.17) is 16.3 Å². The summed E-state index contributed by atoms with van der Waals surface area (Å²) in [6.45, 7) is 3.94.